The highest BCUT2D eigenvalue weighted by Crippen LogP contribution is 2.32. The molecule has 6 heteroatoms. The fourth-order valence-electron chi connectivity index (χ4n) is 2.75. The van der Waals surface area contributed by atoms with Crippen LogP contribution in [0.3, 0.4) is 0 Å². The van der Waals surface area contributed by atoms with Crippen LogP contribution < -0.4 is 0 Å². The van der Waals surface area contributed by atoms with Gasteiger partial charge < -0.3 is 14.7 Å². The Balaban J connectivity index is 1.98. The van der Waals surface area contributed by atoms with Crippen LogP contribution in [0.2, 0.25) is 0 Å². The normalized spacial score (nSPS) is 21.4. The standard InChI is InChI=1S/C15H21NO4S/c1-20-7-6-16(10-13-3-2-8-21-13)14(17)11-4-5-12(9-11)15(18)19/h2-3,8,11-12H,4-7,9-10H2,1H3,(H,18,19). The number of ether oxygens (including phenoxy) is 1. The fourth-order valence-corrected chi connectivity index (χ4v) is 3.47. The zero-order valence-corrected chi connectivity index (χ0v) is 13.0. The Morgan fingerprint density at radius 3 is 2.76 bits per heavy atom. The number of methoxy groups -OCH3 is 1. The molecule has 1 fully saturated rings. The summed E-state index contributed by atoms with van der Waals surface area (Å²) >= 11 is 1.62. The van der Waals surface area contributed by atoms with Crippen LogP contribution in [0.15, 0.2) is 17.5 Å². The van der Waals surface area contributed by atoms with Gasteiger partial charge in [-0.2, -0.15) is 0 Å². The molecule has 0 radical (unpaired) electrons. The monoisotopic (exact) mass is 311 g/mol. The Morgan fingerprint density at radius 1 is 1.43 bits per heavy atom. The molecule has 0 bridgehead atoms. The van der Waals surface area contributed by atoms with Gasteiger partial charge in [0.05, 0.1) is 19.1 Å². The summed E-state index contributed by atoms with van der Waals surface area (Å²) in [5.74, 6) is -1.26. The first-order valence-electron chi connectivity index (χ1n) is 7.14. The van der Waals surface area contributed by atoms with E-state index in [2.05, 4.69) is 0 Å². The second-order valence-corrected chi connectivity index (χ2v) is 6.41. The maximum Gasteiger partial charge on any atom is 0.306 e. The van der Waals surface area contributed by atoms with Gasteiger partial charge in [-0.1, -0.05) is 6.07 Å². The number of carboxylic acids is 1. The average Bonchev–Trinajstić information content (AvgIpc) is 3.13. The number of nitrogens with zero attached hydrogens (tertiary/aromatic N) is 1. The van der Waals surface area contributed by atoms with E-state index in [0.717, 1.165) is 4.88 Å². The molecule has 0 aliphatic heterocycles. The highest BCUT2D eigenvalue weighted by atomic mass is 32.1. The molecular weight excluding hydrogens is 290 g/mol. The van der Waals surface area contributed by atoms with E-state index in [1.165, 1.54) is 0 Å². The maximum absolute atomic E-state index is 12.6. The smallest absolute Gasteiger partial charge is 0.306 e. The van der Waals surface area contributed by atoms with Crippen molar-refractivity contribution in [2.45, 2.75) is 25.8 Å². The van der Waals surface area contributed by atoms with Crippen molar-refractivity contribution < 1.29 is 19.4 Å². The van der Waals surface area contributed by atoms with Gasteiger partial charge in [0.15, 0.2) is 0 Å². The van der Waals surface area contributed by atoms with Crippen LogP contribution in [-0.2, 0) is 20.9 Å². The minimum Gasteiger partial charge on any atom is -0.481 e. The molecule has 2 rings (SSSR count). The van der Waals surface area contributed by atoms with Crippen molar-refractivity contribution in [1.29, 1.82) is 0 Å². The Kier molecular flexibility index (Phi) is 5.76. The number of thiophene rings is 1. The van der Waals surface area contributed by atoms with Gasteiger partial charge in [-0.15, -0.1) is 11.3 Å². The lowest BCUT2D eigenvalue weighted by molar-refractivity contribution is -0.141. The van der Waals surface area contributed by atoms with E-state index in [9.17, 15) is 9.59 Å². The summed E-state index contributed by atoms with van der Waals surface area (Å²) < 4.78 is 5.08. The third kappa shape index (κ3) is 4.28. The van der Waals surface area contributed by atoms with Gasteiger partial charge in [-0.25, -0.2) is 0 Å². The summed E-state index contributed by atoms with van der Waals surface area (Å²) in [4.78, 5) is 26.6. The topological polar surface area (TPSA) is 66.8 Å². The van der Waals surface area contributed by atoms with E-state index in [1.54, 1.807) is 23.3 Å². The first-order chi connectivity index (χ1) is 10.1. The largest absolute Gasteiger partial charge is 0.481 e. The molecule has 1 aromatic heterocycles. The van der Waals surface area contributed by atoms with E-state index in [4.69, 9.17) is 9.84 Å². The molecule has 0 saturated heterocycles. The van der Waals surface area contributed by atoms with Crippen LogP contribution >= 0.6 is 11.3 Å². The number of aliphatic carboxylic acids is 1. The summed E-state index contributed by atoms with van der Waals surface area (Å²) in [5.41, 5.74) is 0. The second kappa shape index (κ2) is 7.56. The molecule has 1 heterocycles. The number of hydrogen-bond acceptors (Lipinski definition) is 4. The molecule has 2 atom stereocenters. The number of hydrogen-bond donors (Lipinski definition) is 1. The van der Waals surface area contributed by atoms with Gasteiger partial charge in [0.1, 0.15) is 0 Å². The van der Waals surface area contributed by atoms with Gasteiger partial charge in [0, 0.05) is 24.4 Å². The lowest BCUT2D eigenvalue weighted by Gasteiger charge is -2.25. The first kappa shape index (κ1) is 16.0. The van der Waals surface area contributed by atoms with Gasteiger partial charge in [-0.05, 0) is 30.7 Å². The van der Waals surface area contributed by atoms with Crippen molar-refractivity contribution in [3.63, 3.8) is 0 Å². The van der Waals surface area contributed by atoms with Crippen molar-refractivity contribution in [3.05, 3.63) is 22.4 Å². The average molecular weight is 311 g/mol. The van der Waals surface area contributed by atoms with Crippen molar-refractivity contribution in [3.8, 4) is 0 Å². The van der Waals surface area contributed by atoms with Crippen molar-refractivity contribution in [1.82, 2.24) is 4.90 Å². The molecule has 21 heavy (non-hydrogen) atoms. The summed E-state index contributed by atoms with van der Waals surface area (Å²) in [6.07, 6.45) is 1.73. The van der Waals surface area contributed by atoms with Gasteiger partial charge in [-0.3, -0.25) is 9.59 Å². The molecule has 1 aliphatic rings. The number of carbonyl (C=O) groups is 2. The second-order valence-electron chi connectivity index (χ2n) is 5.38. The van der Waals surface area contributed by atoms with Gasteiger partial charge in [0.25, 0.3) is 0 Å². The highest BCUT2D eigenvalue weighted by Gasteiger charge is 2.35. The fraction of sp³-hybridized carbons (Fsp3) is 0.600. The van der Waals surface area contributed by atoms with Crippen molar-refractivity contribution in [2.75, 3.05) is 20.3 Å². The zero-order chi connectivity index (χ0) is 15.2. The summed E-state index contributed by atoms with van der Waals surface area (Å²) in [6, 6.07) is 3.97. The van der Waals surface area contributed by atoms with Crippen molar-refractivity contribution in [2.24, 2.45) is 11.8 Å². The molecule has 0 spiro atoms. The lowest BCUT2D eigenvalue weighted by Crippen LogP contribution is -2.37. The Labute approximate surface area is 128 Å². The molecule has 2 unspecified atom stereocenters. The third-order valence-corrected chi connectivity index (χ3v) is 4.80. The van der Waals surface area contributed by atoms with E-state index < -0.39 is 5.97 Å². The van der Waals surface area contributed by atoms with E-state index in [0.29, 0.717) is 39.0 Å². The SMILES string of the molecule is COCCN(Cc1cccs1)C(=O)C1CCC(C(=O)O)C1. The minimum absolute atomic E-state index is 0.0594. The summed E-state index contributed by atoms with van der Waals surface area (Å²) in [7, 11) is 1.61. The third-order valence-electron chi connectivity index (χ3n) is 3.93. The van der Waals surface area contributed by atoms with E-state index >= 15 is 0 Å². The van der Waals surface area contributed by atoms with Crippen LogP contribution in [0.25, 0.3) is 0 Å². The molecule has 0 aromatic carbocycles. The predicted molar refractivity (Wildman–Crippen MR) is 80.1 cm³/mol. The number of rotatable bonds is 7. The highest BCUT2D eigenvalue weighted by molar-refractivity contribution is 7.09. The Morgan fingerprint density at radius 2 is 2.19 bits per heavy atom. The van der Waals surface area contributed by atoms with Crippen LogP contribution in [0.4, 0.5) is 0 Å². The lowest BCUT2D eigenvalue weighted by atomic mass is 10.0. The predicted octanol–water partition coefficient (Wildman–Crippen LogP) is 2.22. The molecule has 5 nitrogen and oxygen atoms in total. The molecule has 1 amide bonds. The van der Waals surface area contributed by atoms with Gasteiger partial charge >= 0.3 is 5.97 Å². The van der Waals surface area contributed by atoms with E-state index in [1.807, 2.05) is 17.5 Å². The molecule has 1 N–H and O–H groups in total. The Bertz CT molecular complexity index is 474. The van der Waals surface area contributed by atoms with Crippen LogP contribution in [0.5, 0.6) is 0 Å². The summed E-state index contributed by atoms with van der Waals surface area (Å²) in [6.45, 7) is 1.61. The molecule has 116 valence electrons. The zero-order valence-electron chi connectivity index (χ0n) is 12.2. The van der Waals surface area contributed by atoms with Crippen molar-refractivity contribution >= 4 is 23.2 Å². The molecular formula is C15H21NO4S. The van der Waals surface area contributed by atoms with Crippen LogP contribution in [-0.4, -0.2) is 42.1 Å². The summed E-state index contributed by atoms with van der Waals surface area (Å²) in [5, 5.41) is 11.0. The number of carbonyl (C=O) groups excluding carboxylic acids is 1. The van der Waals surface area contributed by atoms with Crippen LogP contribution in [0, 0.1) is 11.8 Å². The minimum atomic E-state index is -0.785. The van der Waals surface area contributed by atoms with Gasteiger partial charge in [0.2, 0.25) is 5.91 Å². The number of carboxylic acid groups (broad SMARTS) is 1. The molecule has 1 saturated carbocycles. The quantitative estimate of drug-likeness (QED) is 0.838. The first-order valence-corrected chi connectivity index (χ1v) is 8.02. The maximum atomic E-state index is 12.6. The molecule has 1 aliphatic carbocycles. The van der Waals surface area contributed by atoms with E-state index in [-0.39, 0.29) is 17.7 Å². The van der Waals surface area contributed by atoms with Crippen LogP contribution in [0.1, 0.15) is 24.1 Å². The number of amides is 1. The molecule has 1 aromatic rings. The Hall–Kier alpha value is -1.40.